The van der Waals surface area contributed by atoms with Crippen LogP contribution in [-0.2, 0) is 6.54 Å². The minimum atomic E-state index is 0. The molecule has 0 spiro atoms. The molecule has 0 radical (unpaired) electrons. The molecule has 27 heavy (non-hydrogen) atoms. The van der Waals surface area contributed by atoms with Gasteiger partial charge in [0.05, 0.1) is 13.2 Å². The van der Waals surface area contributed by atoms with Crippen molar-refractivity contribution in [1.82, 2.24) is 10.6 Å². The van der Waals surface area contributed by atoms with Crippen molar-refractivity contribution in [1.29, 1.82) is 0 Å². The lowest BCUT2D eigenvalue weighted by atomic mass is 10.0. The van der Waals surface area contributed by atoms with E-state index in [9.17, 15) is 5.11 Å². The largest absolute Gasteiger partial charge is 0.396 e. The van der Waals surface area contributed by atoms with Crippen LogP contribution in [0.15, 0.2) is 59.6 Å². The summed E-state index contributed by atoms with van der Waals surface area (Å²) in [5, 5.41) is 16.3. The average Bonchev–Trinajstić information content (AvgIpc) is 2.67. The first kappa shape index (κ1) is 23.2. The molecule has 0 aromatic heterocycles. The van der Waals surface area contributed by atoms with E-state index in [0.29, 0.717) is 13.1 Å². The summed E-state index contributed by atoms with van der Waals surface area (Å²) in [4.78, 5) is 6.74. The molecule has 2 rings (SSSR count). The Kier molecular flexibility index (Phi) is 10.8. The number of benzene rings is 2. The topological polar surface area (TPSA) is 59.9 Å². The lowest BCUT2D eigenvalue weighted by Crippen LogP contribution is -2.39. The van der Waals surface area contributed by atoms with E-state index < -0.39 is 0 Å². The molecule has 0 amide bonds. The highest BCUT2D eigenvalue weighted by Gasteiger charge is 2.10. The van der Waals surface area contributed by atoms with Crippen molar-refractivity contribution in [2.75, 3.05) is 38.7 Å². The van der Waals surface area contributed by atoms with Gasteiger partial charge in [-0.15, -0.1) is 24.0 Å². The van der Waals surface area contributed by atoms with Crippen molar-refractivity contribution in [2.45, 2.75) is 19.4 Å². The molecule has 2 aromatic carbocycles. The van der Waals surface area contributed by atoms with Gasteiger partial charge in [-0.25, -0.2) is 4.99 Å². The molecule has 0 heterocycles. The summed E-state index contributed by atoms with van der Waals surface area (Å²) in [6.45, 7) is 4.18. The van der Waals surface area contributed by atoms with Crippen LogP contribution >= 0.6 is 24.0 Å². The molecule has 1 unspecified atom stereocenters. The van der Waals surface area contributed by atoms with Gasteiger partial charge >= 0.3 is 0 Å². The Morgan fingerprint density at radius 3 is 2.26 bits per heavy atom. The van der Waals surface area contributed by atoms with Crippen molar-refractivity contribution < 1.29 is 5.11 Å². The van der Waals surface area contributed by atoms with E-state index in [1.54, 1.807) is 0 Å². The van der Waals surface area contributed by atoms with Gasteiger partial charge in [-0.2, -0.15) is 0 Å². The van der Waals surface area contributed by atoms with Crippen molar-refractivity contribution in [3.05, 3.63) is 65.7 Å². The van der Waals surface area contributed by atoms with E-state index in [1.807, 2.05) is 51.4 Å². The van der Waals surface area contributed by atoms with Crippen LogP contribution in [0.1, 0.15) is 24.0 Å². The second-order valence-electron chi connectivity index (χ2n) is 6.43. The predicted molar refractivity (Wildman–Crippen MR) is 125 cm³/mol. The first-order valence-corrected chi connectivity index (χ1v) is 9.08. The second-order valence-corrected chi connectivity index (χ2v) is 6.43. The Morgan fingerprint density at radius 2 is 1.70 bits per heavy atom. The monoisotopic (exact) mass is 482 g/mol. The number of guanidine groups is 1. The van der Waals surface area contributed by atoms with E-state index in [2.05, 4.69) is 44.8 Å². The van der Waals surface area contributed by atoms with Gasteiger partial charge in [0.15, 0.2) is 5.96 Å². The van der Waals surface area contributed by atoms with Crippen LogP contribution in [0.4, 0.5) is 5.69 Å². The summed E-state index contributed by atoms with van der Waals surface area (Å²) in [7, 11) is 4.06. The fourth-order valence-electron chi connectivity index (χ4n) is 2.64. The van der Waals surface area contributed by atoms with Crippen molar-refractivity contribution in [3.63, 3.8) is 0 Å². The van der Waals surface area contributed by atoms with Crippen molar-refractivity contribution >= 4 is 35.6 Å². The second kappa shape index (κ2) is 12.6. The molecule has 0 fully saturated rings. The van der Waals surface area contributed by atoms with Gasteiger partial charge in [0, 0.05) is 38.8 Å². The third kappa shape index (κ3) is 7.76. The lowest BCUT2D eigenvalue weighted by molar-refractivity contribution is 0.265. The van der Waals surface area contributed by atoms with Gasteiger partial charge in [0.2, 0.25) is 0 Å². The smallest absolute Gasteiger partial charge is 0.191 e. The van der Waals surface area contributed by atoms with Crippen LogP contribution in [-0.4, -0.2) is 44.9 Å². The Labute approximate surface area is 179 Å². The van der Waals surface area contributed by atoms with Gasteiger partial charge in [-0.05, 0) is 30.2 Å². The highest BCUT2D eigenvalue weighted by atomic mass is 127. The number of aliphatic imine (C=N–C) groups is 1. The molecule has 0 aliphatic heterocycles. The zero-order valence-electron chi connectivity index (χ0n) is 16.4. The molecule has 1 atom stereocenters. The van der Waals surface area contributed by atoms with Crippen LogP contribution < -0.4 is 15.5 Å². The van der Waals surface area contributed by atoms with Gasteiger partial charge < -0.3 is 20.6 Å². The maximum Gasteiger partial charge on any atom is 0.191 e. The van der Waals surface area contributed by atoms with Crippen molar-refractivity contribution in [3.8, 4) is 0 Å². The van der Waals surface area contributed by atoms with Crippen LogP contribution in [0.2, 0.25) is 0 Å². The highest BCUT2D eigenvalue weighted by molar-refractivity contribution is 14.0. The predicted octanol–water partition coefficient (Wildman–Crippen LogP) is 3.20. The van der Waals surface area contributed by atoms with Crippen LogP contribution in [0.25, 0.3) is 0 Å². The number of nitrogens with zero attached hydrogens (tertiary/aromatic N) is 2. The molecule has 3 N–H and O–H groups in total. The molecule has 0 aliphatic carbocycles. The minimum absolute atomic E-state index is 0. The number of anilines is 1. The summed E-state index contributed by atoms with van der Waals surface area (Å²) in [5.74, 6) is 0.804. The zero-order chi connectivity index (χ0) is 18.8. The molecule has 0 saturated carbocycles. The normalized spacial score (nSPS) is 12.1. The van der Waals surface area contributed by atoms with Gasteiger partial charge in [0.25, 0.3) is 0 Å². The first-order valence-electron chi connectivity index (χ1n) is 9.08. The van der Waals surface area contributed by atoms with Gasteiger partial charge in [0.1, 0.15) is 0 Å². The molecule has 0 bridgehead atoms. The third-order valence-corrected chi connectivity index (χ3v) is 4.22. The van der Waals surface area contributed by atoms with E-state index in [-0.39, 0.29) is 36.5 Å². The number of rotatable bonds is 8. The van der Waals surface area contributed by atoms with E-state index >= 15 is 0 Å². The third-order valence-electron chi connectivity index (χ3n) is 4.22. The Balaban J connectivity index is 0.00000364. The molecule has 0 aliphatic rings. The van der Waals surface area contributed by atoms with Gasteiger partial charge in [-0.3, -0.25) is 0 Å². The van der Waals surface area contributed by atoms with Crippen molar-refractivity contribution in [2.24, 2.45) is 4.99 Å². The first-order chi connectivity index (χ1) is 12.6. The number of hydrogen-bond acceptors (Lipinski definition) is 3. The fourth-order valence-corrected chi connectivity index (χ4v) is 2.64. The average molecular weight is 482 g/mol. The van der Waals surface area contributed by atoms with Crippen LogP contribution in [0, 0.1) is 0 Å². The summed E-state index contributed by atoms with van der Waals surface area (Å²) < 4.78 is 0. The molecule has 2 aromatic rings. The summed E-state index contributed by atoms with van der Waals surface area (Å²) in [6.07, 6.45) is 0. The van der Waals surface area contributed by atoms with Gasteiger partial charge in [-0.1, -0.05) is 42.5 Å². The molecule has 6 heteroatoms. The highest BCUT2D eigenvalue weighted by Crippen LogP contribution is 2.14. The van der Waals surface area contributed by atoms with E-state index in [4.69, 9.17) is 0 Å². The summed E-state index contributed by atoms with van der Waals surface area (Å²) >= 11 is 0. The molecule has 0 saturated heterocycles. The molecular weight excluding hydrogens is 451 g/mol. The zero-order valence-corrected chi connectivity index (χ0v) is 18.7. The quantitative estimate of drug-likeness (QED) is 0.307. The number of halogens is 1. The number of nitrogens with one attached hydrogen (secondary N) is 2. The van der Waals surface area contributed by atoms with Crippen LogP contribution in [0.3, 0.4) is 0 Å². The van der Waals surface area contributed by atoms with E-state index in [1.165, 1.54) is 5.69 Å². The molecule has 5 nitrogen and oxygen atoms in total. The van der Waals surface area contributed by atoms with Crippen LogP contribution in [0.5, 0.6) is 0 Å². The Hall–Kier alpha value is -1.80. The maximum absolute atomic E-state index is 9.70. The SMILES string of the molecule is CCNC(=NCc1ccc(N(C)C)cc1)NCC(CO)c1ccccc1.I. The number of hydrogen-bond donors (Lipinski definition) is 3. The van der Waals surface area contributed by atoms with E-state index in [0.717, 1.165) is 23.6 Å². The number of aliphatic hydroxyl groups is 1. The molecular formula is C21H31IN4O. The minimum Gasteiger partial charge on any atom is -0.396 e. The summed E-state index contributed by atoms with van der Waals surface area (Å²) in [6, 6.07) is 18.5. The molecule has 148 valence electrons. The number of aliphatic hydroxyl groups excluding tert-OH is 1. The standard InChI is InChI=1S/C21H30N4O.HI/c1-4-22-21(23-14-17-10-12-20(13-11-17)25(2)3)24-15-19(16-26)18-8-6-5-7-9-18;/h5-13,19,26H,4,14-16H2,1-3H3,(H2,22,23,24);1H. The maximum atomic E-state index is 9.70. The summed E-state index contributed by atoms with van der Waals surface area (Å²) in [5.41, 5.74) is 3.46. The lowest BCUT2D eigenvalue weighted by Gasteiger charge is -2.18. The Bertz CT molecular complexity index is 674. The fraction of sp³-hybridized carbons (Fsp3) is 0.381. The Morgan fingerprint density at radius 1 is 1.04 bits per heavy atom.